The molecule has 4 aliphatic rings. The molecule has 2 aliphatic carbocycles. The van der Waals surface area contributed by atoms with Crippen LogP contribution in [-0.4, -0.2) is 116 Å². The van der Waals surface area contributed by atoms with Gasteiger partial charge in [-0.25, -0.2) is 0 Å². The van der Waals surface area contributed by atoms with E-state index in [9.17, 15) is 40.5 Å². The number of carbonyl (C=O) groups is 2. The molecule has 12 unspecified atom stereocenters. The molecule has 12 atom stereocenters. The Hall–Kier alpha value is -5.79. The molecule has 440 valence electrons. The summed E-state index contributed by atoms with van der Waals surface area (Å²) in [5.41, 5.74) is 24.1. The number of aliphatic hydroxyl groups is 6. The summed E-state index contributed by atoms with van der Waals surface area (Å²) in [4.78, 5) is 33.7. The number of aliphatic hydroxyl groups excluding tert-OH is 5. The molecule has 1 spiro atoms. The van der Waals surface area contributed by atoms with Crippen LogP contribution in [0.3, 0.4) is 0 Å². The molecule has 2 heterocycles. The van der Waals surface area contributed by atoms with Crippen LogP contribution in [0.1, 0.15) is 143 Å². The predicted octanol–water partition coefficient (Wildman–Crippen LogP) is 5.94. The lowest BCUT2D eigenvalue weighted by molar-refractivity contribution is -0.168. The van der Waals surface area contributed by atoms with Crippen molar-refractivity contribution in [1.82, 2.24) is 16.0 Å². The number of β-amino-alcohol motifs (C(OH)–C–C–N with tert-alkyl or cyclic N) is 1. The Morgan fingerprint density at radius 1 is 0.951 bits per heavy atom. The number of rotatable bonds is 17. The first-order chi connectivity index (χ1) is 38.7. The van der Waals surface area contributed by atoms with Gasteiger partial charge in [-0.3, -0.25) is 19.9 Å². The molecule has 3 aromatic rings. The van der Waals surface area contributed by atoms with E-state index in [1.54, 1.807) is 31.2 Å². The molecule has 0 saturated heterocycles. The van der Waals surface area contributed by atoms with Gasteiger partial charge in [0.25, 0.3) is 0 Å². The van der Waals surface area contributed by atoms with Crippen LogP contribution < -0.4 is 33.2 Å². The van der Waals surface area contributed by atoms with E-state index in [-0.39, 0.29) is 75.5 Å². The topological polar surface area (TPSA) is 302 Å². The van der Waals surface area contributed by atoms with Gasteiger partial charge in [-0.1, -0.05) is 96.6 Å². The first-order valence-electron chi connectivity index (χ1n) is 29.2. The lowest BCUT2D eigenvalue weighted by atomic mass is 9.52. The Morgan fingerprint density at radius 3 is 2.38 bits per heavy atom. The number of nitrogens with one attached hydrogen (secondary N) is 3. The number of allylic oxidation sites excluding steroid dienone is 5. The summed E-state index contributed by atoms with van der Waals surface area (Å²) in [5, 5.41) is 90.8. The van der Waals surface area contributed by atoms with Gasteiger partial charge in [0.05, 0.1) is 30.5 Å². The van der Waals surface area contributed by atoms with E-state index >= 15 is 4.79 Å². The van der Waals surface area contributed by atoms with Crippen LogP contribution in [0.5, 0.6) is 5.75 Å². The van der Waals surface area contributed by atoms with Crippen molar-refractivity contribution < 1.29 is 45.3 Å². The number of nitrogens with zero attached hydrogens (tertiary/aromatic N) is 1. The summed E-state index contributed by atoms with van der Waals surface area (Å²) >= 11 is 0. The van der Waals surface area contributed by atoms with Crippen LogP contribution in [0.2, 0.25) is 0 Å². The molecule has 16 nitrogen and oxygen atoms in total. The van der Waals surface area contributed by atoms with Gasteiger partial charge in [-0.05, 0) is 185 Å². The number of nitrogens with two attached hydrogens (primary N) is 3. The summed E-state index contributed by atoms with van der Waals surface area (Å²) < 4.78 is 0. The third kappa shape index (κ3) is 15.1. The van der Waals surface area contributed by atoms with Gasteiger partial charge in [0, 0.05) is 49.4 Å². The van der Waals surface area contributed by atoms with E-state index in [2.05, 4.69) is 47.4 Å². The average molecular weight is 1110 g/mol. The highest BCUT2D eigenvalue weighted by Crippen LogP contribution is 2.63. The number of ketones is 1. The zero-order valence-electron chi connectivity index (χ0n) is 48.0. The Labute approximate surface area is 479 Å². The minimum Gasteiger partial charge on any atom is -0.508 e. The van der Waals surface area contributed by atoms with Crippen molar-refractivity contribution in [2.24, 2.45) is 45.4 Å². The first kappa shape index (κ1) is 62.8. The largest absolute Gasteiger partial charge is 0.508 e. The van der Waals surface area contributed by atoms with E-state index in [4.69, 9.17) is 17.2 Å². The van der Waals surface area contributed by atoms with Crippen LogP contribution >= 0.6 is 0 Å². The third-order valence-corrected chi connectivity index (χ3v) is 18.1. The first-order valence-corrected chi connectivity index (χ1v) is 29.2. The summed E-state index contributed by atoms with van der Waals surface area (Å²) in [5.74, 6) is -2.79. The van der Waals surface area contributed by atoms with Crippen molar-refractivity contribution in [2.75, 3.05) is 32.8 Å². The second-order valence-corrected chi connectivity index (χ2v) is 23.8. The SMILES string of the molecule is C=C(C=CC=C(CO)C1CCC2(C3CCC(O)Cc4cccc(c4)CC(C(CN=C(N)N)c4ccc(O)cc4)C(O)CNC4C(=O)NC(N)c5cccc(c54)CC(=O)C(C)=C3CCC2(C)O)C1O)C(CC=C(C)C)NCCCCCO. The minimum atomic E-state index is -1.40. The molecule has 81 heavy (non-hydrogen) atoms. The Balaban J connectivity index is 1.27. The second-order valence-electron chi connectivity index (χ2n) is 23.8. The van der Waals surface area contributed by atoms with Crippen LogP contribution in [-0.2, 0) is 28.9 Å². The fourth-order valence-corrected chi connectivity index (χ4v) is 13.7. The van der Waals surface area contributed by atoms with Crippen LogP contribution in [0, 0.1) is 23.2 Å². The number of phenolic OH excluding ortho intramolecular Hbond substituents is 1. The van der Waals surface area contributed by atoms with Gasteiger partial charge < -0.3 is 63.6 Å². The van der Waals surface area contributed by atoms with Crippen LogP contribution in [0.15, 0.2) is 130 Å². The molecule has 16 N–H and O–H groups in total. The molecule has 1 amide bonds. The zero-order valence-corrected chi connectivity index (χ0v) is 48.0. The number of guanidine groups is 1. The quantitative estimate of drug-likeness (QED) is 0.0245. The molecule has 7 rings (SSSR count). The van der Waals surface area contributed by atoms with Gasteiger partial charge in [0.2, 0.25) is 5.91 Å². The third-order valence-electron chi connectivity index (χ3n) is 18.1. The summed E-state index contributed by atoms with van der Waals surface area (Å²) in [6.07, 6.45) is 9.85. The van der Waals surface area contributed by atoms with Gasteiger partial charge in [0.15, 0.2) is 11.7 Å². The maximum Gasteiger partial charge on any atom is 0.243 e. The number of benzene rings is 3. The number of hydrogen-bond donors (Lipinski definition) is 13. The minimum absolute atomic E-state index is 0.0297. The fraction of sp³-hybridized carbons (Fsp3) is 0.523. The predicted molar refractivity (Wildman–Crippen MR) is 319 cm³/mol. The number of aliphatic imine (C=N–C) groups is 1. The van der Waals surface area contributed by atoms with E-state index in [0.29, 0.717) is 59.9 Å². The molecular weight excluding hydrogens is 1020 g/mol. The molecule has 0 radical (unpaired) electrons. The Morgan fingerprint density at radius 2 is 1.68 bits per heavy atom. The van der Waals surface area contributed by atoms with Crippen LogP contribution in [0.25, 0.3) is 0 Å². The maximum atomic E-state index is 15.1. The van der Waals surface area contributed by atoms with Crippen molar-refractivity contribution in [2.45, 2.75) is 159 Å². The normalized spacial score (nSPS) is 28.4. The van der Waals surface area contributed by atoms with E-state index in [0.717, 1.165) is 60.1 Å². The van der Waals surface area contributed by atoms with Crippen molar-refractivity contribution in [1.29, 1.82) is 0 Å². The monoisotopic (exact) mass is 1110 g/mol. The molecule has 3 aromatic carbocycles. The van der Waals surface area contributed by atoms with Crippen LogP contribution in [0.4, 0.5) is 0 Å². The Bertz CT molecular complexity index is 2820. The van der Waals surface area contributed by atoms with Gasteiger partial charge in [-0.2, -0.15) is 0 Å². The highest BCUT2D eigenvalue weighted by molar-refractivity contribution is 5.98. The second kappa shape index (κ2) is 28.5. The lowest BCUT2D eigenvalue weighted by Crippen LogP contribution is -2.59. The number of unbranched alkanes of at least 4 members (excludes halogenated alkanes) is 2. The standard InChI is InChI=1S/C65H91N7O9/c1-39(2)18-25-55(69-30-7-6-8-31-73)40(3)12-9-16-46(38-74)50-27-29-65(60(50)79)54-24-23-48(76)33-42-13-10-14-43(32-42)34-52(53(36-71-63(67)68)44-19-21-47(75)22-20-44)57(78)37-70-59-58-45(15-11-17-51(58)61(66)72-62(59)80)35-56(77)41(4)49(54)26-28-64(65,5)81/h9-22,32,48,50,52-55,57,59-61,69-70,73-76,78-79,81H,3,6-8,23-31,33-38,66H2,1-2,4-5H3,(H,72,80)(H4,67,68,71). The highest BCUT2D eigenvalue weighted by atomic mass is 16.3. The van der Waals surface area contributed by atoms with Crippen molar-refractivity contribution >= 4 is 17.6 Å². The molecule has 2 saturated carbocycles. The number of Topliss-reactive ketones (excluding diaryl/α,β-unsaturated/α-hetero) is 1. The molecule has 0 aromatic heterocycles. The number of phenols is 1. The molecule has 2 bridgehead atoms. The van der Waals surface area contributed by atoms with Gasteiger partial charge in [-0.15, -0.1) is 0 Å². The van der Waals surface area contributed by atoms with E-state index in [1.165, 1.54) is 5.57 Å². The van der Waals surface area contributed by atoms with Crippen molar-refractivity contribution in [3.8, 4) is 5.75 Å². The maximum absolute atomic E-state index is 15.1. The van der Waals surface area contributed by atoms with Crippen molar-refractivity contribution in [3.63, 3.8) is 0 Å². The van der Waals surface area contributed by atoms with Gasteiger partial charge >= 0.3 is 0 Å². The number of amides is 1. The average Bonchev–Trinajstić information content (AvgIpc) is 3.82. The zero-order chi connectivity index (χ0) is 58.6. The Kier molecular flexibility index (Phi) is 22.1. The molecular formula is C65H91N7O9. The fourth-order valence-electron chi connectivity index (χ4n) is 13.7. The number of fused-ring (bicyclic) bond motifs is 4. The summed E-state index contributed by atoms with van der Waals surface area (Å²) in [6, 6.07) is 19.0. The van der Waals surface area contributed by atoms with E-state index in [1.807, 2.05) is 67.6 Å². The summed E-state index contributed by atoms with van der Waals surface area (Å²) in [6.45, 7) is 12.8. The molecule has 16 heteroatoms. The number of carbonyl (C=O) groups excluding carboxylic acids is 2. The highest BCUT2D eigenvalue weighted by Gasteiger charge is 2.64. The molecule has 2 fully saturated rings. The van der Waals surface area contributed by atoms with Gasteiger partial charge in [0.1, 0.15) is 18.0 Å². The number of hydrogen-bond acceptors (Lipinski definition) is 13. The number of aromatic hydroxyl groups is 1. The van der Waals surface area contributed by atoms with Crippen molar-refractivity contribution in [3.05, 3.63) is 159 Å². The lowest BCUT2D eigenvalue weighted by Gasteiger charge is -2.56. The van der Waals surface area contributed by atoms with E-state index < -0.39 is 71.1 Å². The smallest absolute Gasteiger partial charge is 0.243 e. The summed E-state index contributed by atoms with van der Waals surface area (Å²) in [7, 11) is 0. The molecule has 2 aliphatic heterocycles.